The van der Waals surface area contributed by atoms with Crippen molar-refractivity contribution in [3.8, 4) is 17.2 Å². The number of hydrogen-bond donors (Lipinski definition) is 2. The molecule has 0 unspecified atom stereocenters. The lowest BCUT2D eigenvalue weighted by Crippen LogP contribution is -2.37. The van der Waals surface area contributed by atoms with Gasteiger partial charge in [0.15, 0.2) is 5.96 Å². The predicted octanol–water partition coefficient (Wildman–Crippen LogP) is 3.14. The van der Waals surface area contributed by atoms with E-state index in [1.54, 1.807) is 26.7 Å². The van der Waals surface area contributed by atoms with Gasteiger partial charge in [-0.15, -0.1) is 0 Å². The van der Waals surface area contributed by atoms with E-state index in [9.17, 15) is 0 Å². The maximum atomic E-state index is 5.47. The minimum absolute atomic E-state index is 0.492. The summed E-state index contributed by atoms with van der Waals surface area (Å²) in [6.07, 6.45) is 5.51. The lowest BCUT2D eigenvalue weighted by molar-refractivity contribution is 0.391. The van der Waals surface area contributed by atoms with Crippen LogP contribution in [0, 0.1) is 0 Å². The van der Waals surface area contributed by atoms with E-state index in [-0.39, 0.29) is 0 Å². The summed E-state index contributed by atoms with van der Waals surface area (Å²) in [5.74, 6) is 2.26. The van der Waals surface area contributed by atoms with Gasteiger partial charge < -0.3 is 24.7 Å². The summed E-state index contributed by atoms with van der Waals surface area (Å²) in [5, 5.41) is 6.70. The van der Waals surface area contributed by atoms with Crippen LogP contribution in [0.1, 0.15) is 18.1 Å². The van der Waals surface area contributed by atoms with E-state index in [4.69, 9.17) is 14.5 Å². The third kappa shape index (κ3) is 5.28. The molecule has 0 aliphatic carbocycles. The molecule has 1 aromatic heterocycles. The van der Waals surface area contributed by atoms with Gasteiger partial charge in [-0.25, -0.2) is 9.98 Å². The highest BCUT2D eigenvalue weighted by Crippen LogP contribution is 2.25. The van der Waals surface area contributed by atoms with E-state index in [0.717, 1.165) is 40.8 Å². The highest BCUT2D eigenvalue weighted by molar-refractivity contribution is 5.79. The molecule has 3 aromatic rings. The van der Waals surface area contributed by atoms with Crippen LogP contribution in [-0.4, -0.2) is 36.3 Å². The molecule has 152 valence electrons. The number of benzene rings is 2. The van der Waals surface area contributed by atoms with Gasteiger partial charge in [0.1, 0.15) is 11.5 Å². The maximum Gasteiger partial charge on any atom is 0.191 e. The molecule has 0 radical (unpaired) electrons. The number of para-hydroxylation sites is 1. The zero-order valence-corrected chi connectivity index (χ0v) is 17.1. The van der Waals surface area contributed by atoms with Gasteiger partial charge in [-0.3, -0.25) is 0 Å². The molecule has 0 aliphatic heterocycles. The van der Waals surface area contributed by atoms with Crippen molar-refractivity contribution >= 4 is 5.96 Å². The first-order valence-corrected chi connectivity index (χ1v) is 9.54. The third-order valence-corrected chi connectivity index (χ3v) is 4.47. The van der Waals surface area contributed by atoms with Crippen molar-refractivity contribution in [2.75, 3.05) is 20.8 Å². The second-order valence-electron chi connectivity index (χ2n) is 6.33. The van der Waals surface area contributed by atoms with Gasteiger partial charge in [0, 0.05) is 37.1 Å². The number of aliphatic imine (C=N–C) groups is 1. The number of rotatable bonds is 8. The largest absolute Gasteiger partial charge is 0.497 e. The monoisotopic (exact) mass is 393 g/mol. The first-order chi connectivity index (χ1) is 14.2. The Balaban J connectivity index is 1.73. The Labute approximate surface area is 171 Å². The molecule has 0 aliphatic rings. The van der Waals surface area contributed by atoms with E-state index < -0.39 is 0 Å². The van der Waals surface area contributed by atoms with E-state index in [0.29, 0.717) is 13.1 Å². The van der Waals surface area contributed by atoms with Crippen molar-refractivity contribution in [3.63, 3.8) is 0 Å². The first kappa shape index (κ1) is 20.3. The van der Waals surface area contributed by atoms with Crippen LogP contribution in [0.5, 0.6) is 11.5 Å². The number of ether oxygens (including phenoxy) is 2. The summed E-state index contributed by atoms with van der Waals surface area (Å²) in [5.41, 5.74) is 3.23. The molecule has 2 aromatic carbocycles. The molecule has 29 heavy (non-hydrogen) atoms. The van der Waals surface area contributed by atoms with Crippen LogP contribution in [-0.2, 0) is 13.1 Å². The summed E-state index contributed by atoms with van der Waals surface area (Å²) in [7, 11) is 3.29. The molecule has 0 fully saturated rings. The minimum atomic E-state index is 0.492. The molecule has 0 atom stereocenters. The minimum Gasteiger partial charge on any atom is -0.497 e. The summed E-state index contributed by atoms with van der Waals surface area (Å²) in [6, 6.07) is 14.0. The summed E-state index contributed by atoms with van der Waals surface area (Å²) in [6.45, 7) is 3.95. The van der Waals surface area contributed by atoms with Gasteiger partial charge in [-0.05, 0) is 30.7 Å². The highest BCUT2D eigenvalue weighted by atomic mass is 16.5. The van der Waals surface area contributed by atoms with E-state index >= 15 is 0 Å². The molecule has 0 spiro atoms. The molecule has 0 saturated heterocycles. The van der Waals surface area contributed by atoms with Crippen LogP contribution in [0.4, 0.5) is 0 Å². The number of nitrogens with one attached hydrogen (secondary N) is 2. The first-order valence-electron chi connectivity index (χ1n) is 9.54. The Kier molecular flexibility index (Phi) is 7.10. The molecule has 7 nitrogen and oxygen atoms in total. The third-order valence-electron chi connectivity index (χ3n) is 4.47. The summed E-state index contributed by atoms with van der Waals surface area (Å²) in [4.78, 5) is 8.85. The maximum absolute atomic E-state index is 5.47. The van der Waals surface area contributed by atoms with Crippen molar-refractivity contribution < 1.29 is 9.47 Å². The Bertz CT molecular complexity index is 938. The van der Waals surface area contributed by atoms with Crippen molar-refractivity contribution in [1.82, 2.24) is 20.2 Å². The molecule has 3 rings (SSSR count). The summed E-state index contributed by atoms with van der Waals surface area (Å²) < 4.78 is 12.7. The fraction of sp³-hybridized carbons (Fsp3) is 0.273. The quantitative estimate of drug-likeness (QED) is 0.454. The smallest absolute Gasteiger partial charge is 0.191 e. The van der Waals surface area contributed by atoms with E-state index in [2.05, 4.69) is 27.8 Å². The molecular weight excluding hydrogens is 366 g/mol. The van der Waals surface area contributed by atoms with Gasteiger partial charge in [0.2, 0.25) is 0 Å². The van der Waals surface area contributed by atoms with Crippen LogP contribution >= 0.6 is 0 Å². The fourth-order valence-electron chi connectivity index (χ4n) is 2.98. The second kappa shape index (κ2) is 10.2. The molecule has 0 bridgehead atoms. The highest BCUT2D eigenvalue weighted by Gasteiger charge is 2.07. The van der Waals surface area contributed by atoms with Crippen LogP contribution in [0.2, 0.25) is 0 Å². The fourth-order valence-corrected chi connectivity index (χ4v) is 2.98. The molecule has 7 heteroatoms. The molecule has 0 amide bonds. The number of guanidine groups is 1. The second-order valence-corrected chi connectivity index (χ2v) is 6.33. The number of hydrogen-bond acceptors (Lipinski definition) is 4. The van der Waals surface area contributed by atoms with Crippen LogP contribution in [0.15, 0.2) is 66.2 Å². The lowest BCUT2D eigenvalue weighted by atomic mass is 10.1. The van der Waals surface area contributed by atoms with Crippen LogP contribution < -0.4 is 20.1 Å². The summed E-state index contributed by atoms with van der Waals surface area (Å²) >= 11 is 0. The van der Waals surface area contributed by atoms with Crippen LogP contribution in [0.25, 0.3) is 5.69 Å². The Morgan fingerprint density at radius 3 is 2.66 bits per heavy atom. The molecular formula is C22H27N5O2. The lowest BCUT2D eigenvalue weighted by Gasteiger charge is -2.15. The Morgan fingerprint density at radius 1 is 1.07 bits per heavy atom. The molecule has 0 saturated carbocycles. The van der Waals surface area contributed by atoms with Gasteiger partial charge in [-0.1, -0.05) is 18.2 Å². The number of imidazole rings is 1. The Hall–Kier alpha value is -3.48. The van der Waals surface area contributed by atoms with Crippen molar-refractivity contribution in [2.45, 2.75) is 20.0 Å². The van der Waals surface area contributed by atoms with Crippen molar-refractivity contribution in [1.29, 1.82) is 0 Å². The predicted molar refractivity (Wildman–Crippen MR) is 115 cm³/mol. The normalized spacial score (nSPS) is 11.2. The number of nitrogens with zero attached hydrogens (tertiary/aromatic N) is 3. The zero-order chi connectivity index (χ0) is 20.5. The van der Waals surface area contributed by atoms with Gasteiger partial charge in [0.25, 0.3) is 0 Å². The molecule has 1 heterocycles. The van der Waals surface area contributed by atoms with Crippen LogP contribution in [0.3, 0.4) is 0 Å². The van der Waals surface area contributed by atoms with Crippen molar-refractivity contribution in [3.05, 3.63) is 72.3 Å². The standard InChI is InChI=1S/C22H27N5O2/c1-4-24-22(26-15-18-9-10-19(28-2)13-21(18)29-3)25-14-17-7-5-6-8-20(17)27-12-11-23-16-27/h5-13,16H,4,14-15H2,1-3H3,(H2,24,25,26). The average molecular weight is 393 g/mol. The zero-order valence-electron chi connectivity index (χ0n) is 17.1. The average Bonchev–Trinajstić information content (AvgIpc) is 3.30. The van der Waals surface area contributed by atoms with Gasteiger partial charge >= 0.3 is 0 Å². The van der Waals surface area contributed by atoms with E-state index in [1.807, 2.05) is 48.0 Å². The Morgan fingerprint density at radius 2 is 1.93 bits per heavy atom. The SMILES string of the molecule is CCNC(=NCc1ccc(OC)cc1OC)NCc1ccccc1-n1ccnc1. The molecule has 2 N–H and O–H groups in total. The van der Waals surface area contributed by atoms with Gasteiger partial charge in [0.05, 0.1) is 32.8 Å². The number of methoxy groups -OCH3 is 2. The van der Waals surface area contributed by atoms with Gasteiger partial charge in [-0.2, -0.15) is 0 Å². The van der Waals surface area contributed by atoms with Crippen molar-refractivity contribution in [2.24, 2.45) is 4.99 Å². The van der Waals surface area contributed by atoms with E-state index in [1.165, 1.54) is 0 Å². The topological polar surface area (TPSA) is 72.7 Å². The number of aromatic nitrogens is 2.